The molecule has 0 radical (unpaired) electrons. The summed E-state index contributed by atoms with van der Waals surface area (Å²) in [5, 5.41) is 20.1. The maximum Gasteiger partial charge on any atom is 0.340 e. The fourth-order valence-electron chi connectivity index (χ4n) is 2.61. The van der Waals surface area contributed by atoms with Crippen molar-refractivity contribution in [3.05, 3.63) is 71.3 Å². The number of hydrogen-bond donors (Lipinski definition) is 2. The van der Waals surface area contributed by atoms with E-state index in [1.807, 2.05) is 54.6 Å². The Bertz CT molecular complexity index is 688. The third-order valence-electron chi connectivity index (χ3n) is 3.69. The maximum atomic E-state index is 11.6. The number of benzene rings is 2. The van der Waals surface area contributed by atoms with Gasteiger partial charge in [0.1, 0.15) is 0 Å². The molecule has 1 aliphatic rings. The molecular weight excluding hydrogens is 252 g/mol. The van der Waals surface area contributed by atoms with Crippen LogP contribution in [0.25, 0.3) is 11.6 Å². The van der Waals surface area contributed by atoms with Crippen molar-refractivity contribution in [3.8, 4) is 0 Å². The van der Waals surface area contributed by atoms with Crippen molar-refractivity contribution in [1.29, 1.82) is 0 Å². The summed E-state index contributed by atoms with van der Waals surface area (Å²) in [6.07, 6.45) is 1.85. The van der Waals surface area contributed by atoms with Crippen LogP contribution in [-0.2, 0) is 11.2 Å². The second-order valence-electron chi connectivity index (χ2n) is 4.97. The highest BCUT2D eigenvalue weighted by Crippen LogP contribution is 2.38. The van der Waals surface area contributed by atoms with Gasteiger partial charge < -0.3 is 10.2 Å². The van der Waals surface area contributed by atoms with Crippen molar-refractivity contribution >= 4 is 17.6 Å². The average molecular weight is 266 g/mol. The van der Waals surface area contributed by atoms with Crippen LogP contribution < -0.4 is 0 Å². The molecule has 0 amide bonds. The molecule has 3 nitrogen and oxygen atoms in total. The molecule has 1 atom stereocenters. The average Bonchev–Trinajstić information content (AvgIpc) is 2.47. The number of carbonyl (C=O) groups is 1. The van der Waals surface area contributed by atoms with Crippen molar-refractivity contribution in [1.82, 2.24) is 0 Å². The van der Waals surface area contributed by atoms with Crippen molar-refractivity contribution in [3.63, 3.8) is 0 Å². The van der Waals surface area contributed by atoms with Gasteiger partial charge in [0, 0.05) is 12.0 Å². The van der Waals surface area contributed by atoms with Crippen molar-refractivity contribution < 1.29 is 15.0 Å². The van der Waals surface area contributed by atoms with Crippen LogP contribution in [0.2, 0.25) is 0 Å². The van der Waals surface area contributed by atoms with E-state index in [4.69, 9.17) is 0 Å². The topological polar surface area (TPSA) is 57.5 Å². The predicted molar refractivity (Wildman–Crippen MR) is 77.0 cm³/mol. The van der Waals surface area contributed by atoms with Crippen LogP contribution in [0.5, 0.6) is 0 Å². The summed E-state index contributed by atoms with van der Waals surface area (Å²) in [5.41, 5.74) is 1.08. The molecule has 2 N–H and O–H groups in total. The van der Waals surface area contributed by atoms with Crippen molar-refractivity contribution in [2.45, 2.75) is 12.0 Å². The molecule has 1 unspecified atom stereocenters. The summed E-state index contributed by atoms with van der Waals surface area (Å²) in [6, 6.07) is 16.7. The van der Waals surface area contributed by atoms with E-state index >= 15 is 0 Å². The molecule has 100 valence electrons. The molecule has 2 aromatic rings. The van der Waals surface area contributed by atoms with Gasteiger partial charge in [-0.05, 0) is 22.8 Å². The Morgan fingerprint density at radius 3 is 2.35 bits per heavy atom. The Hall–Kier alpha value is -2.39. The first-order valence-electron chi connectivity index (χ1n) is 6.42. The molecule has 0 saturated heterocycles. The molecular formula is C17H14O3. The quantitative estimate of drug-likeness (QED) is 0.878. The SMILES string of the molecule is O=C(O)C1(O)Cc2ccccc2C=C1c1ccccc1. The lowest BCUT2D eigenvalue weighted by Crippen LogP contribution is -2.43. The predicted octanol–water partition coefficient (Wildman–Crippen LogP) is 2.60. The van der Waals surface area contributed by atoms with Crippen LogP contribution >= 0.6 is 0 Å². The second kappa shape index (κ2) is 4.62. The van der Waals surface area contributed by atoms with Gasteiger partial charge in [-0.1, -0.05) is 54.6 Å². The van der Waals surface area contributed by atoms with Gasteiger partial charge in [-0.25, -0.2) is 4.79 Å². The van der Waals surface area contributed by atoms with Crippen molar-refractivity contribution in [2.75, 3.05) is 0 Å². The molecule has 0 aliphatic heterocycles. The highest BCUT2D eigenvalue weighted by atomic mass is 16.4. The molecule has 3 heteroatoms. The summed E-state index contributed by atoms with van der Waals surface area (Å²) < 4.78 is 0. The minimum absolute atomic E-state index is 0.0826. The number of carboxylic acid groups (broad SMARTS) is 1. The molecule has 1 aliphatic carbocycles. The van der Waals surface area contributed by atoms with Crippen molar-refractivity contribution in [2.24, 2.45) is 0 Å². The molecule has 20 heavy (non-hydrogen) atoms. The summed E-state index contributed by atoms with van der Waals surface area (Å²) >= 11 is 0. The van der Waals surface area contributed by atoms with Crippen LogP contribution in [0.15, 0.2) is 54.6 Å². The zero-order valence-corrected chi connectivity index (χ0v) is 10.8. The Kier molecular flexibility index (Phi) is 2.92. The van der Waals surface area contributed by atoms with Crippen LogP contribution in [0.4, 0.5) is 0 Å². The minimum atomic E-state index is -1.88. The van der Waals surface area contributed by atoms with E-state index in [9.17, 15) is 15.0 Å². The lowest BCUT2D eigenvalue weighted by molar-refractivity contribution is -0.152. The largest absolute Gasteiger partial charge is 0.479 e. The van der Waals surface area contributed by atoms with Crippen LogP contribution in [-0.4, -0.2) is 21.8 Å². The Labute approximate surface area is 116 Å². The van der Waals surface area contributed by atoms with Crippen LogP contribution in [0, 0.1) is 0 Å². The number of aliphatic carboxylic acids is 1. The van der Waals surface area contributed by atoms with E-state index in [-0.39, 0.29) is 6.42 Å². The third-order valence-corrected chi connectivity index (χ3v) is 3.69. The highest BCUT2D eigenvalue weighted by Gasteiger charge is 2.43. The zero-order valence-electron chi connectivity index (χ0n) is 10.8. The molecule has 3 rings (SSSR count). The number of rotatable bonds is 2. The standard InChI is InChI=1S/C17H14O3/c18-16(19)17(20)11-14-9-5-4-8-13(14)10-15(17)12-6-2-1-3-7-12/h1-10,20H,11H2,(H,18,19). The van der Waals surface area contributed by atoms with E-state index in [1.54, 1.807) is 6.08 Å². The van der Waals surface area contributed by atoms with Gasteiger partial charge in [0.05, 0.1) is 0 Å². The molecule has 0 saturated carbocycles. The van der Waals surface area contributed by atoms with Gasteiger partial charge in [-0.3, -0.25) is 0 Å². The first-order chi connectivity index (χ1) is 9.61. The lowest BCUT2D eigenvalue weighted by atomic mass is 9.77. The summed E-state index contributed by atoms with van der Waals surface area (Å²) in [5.74, 6) is -1.22. The number of aliphatic hydroxyl groups is 1. The van der Waals surface area contributed by atoms with E-state index in [0.717, 1.165) is 16.7 Å². The molecule has 0 bridgehead atoms. The molecule has 0 spiro atoms. The first-order valence-corrected chi connectivity index (χ1v) is 6.42. The van der Waals surface area contributed by atoms with Gasteiger partial charge >= 0.3 is 5.97 Å². The fraction of sp³-hybridized carbons (Fsp3) is 0.118. The smallest absolute Gasteiger partial charge is 0.340 e. The van der Waals surface area contributed by atoms with E-state index in [1.165, 1.54) is 0 Å². The molecule has 2 aromatic carbocycles. The van der Waals surface area contributed by atoms with E-state index < -0.39 is 11.6 Å². The van der Waals surface area contributed by atoms with Gasteiger partial charge in [0.15, 0.2) is 5.60 Å². The molecule has 0 fully saturated rings. The van der Waals surface area contributed by atoms with E-state index in [0.29, 0.717) is 5.57 Å². The van der Waals surface area contributed by atoms with E-state index in [2.05, 4.69) is 0 Å². The van der Waals surface area contributed by atoms with Gasteiger partial charge in [-0.2, -0.15) is 0 Å². The third kappa shape index (κ3) is 1.92. The fourth-order valence-corrected chi connectivity index (χ4v) is 2.61. The minimum Gasteiger partial charge on any atom is -0.479 e. The summed E-state index contributed by atoms with van der Waals surface area (Å²) in [7, 11) is 0. The summed E-state index contributed by atoms with van der Waals surface area (Å²) in [6.45, 7) is 0. The normalized spacial score (nSPS) is 20.9. The number of hydrogen-bond acceptors (Lipinski definition) is 2. The Morgan fingerprint density at radius 2 is 1.65 bits per heavy atom. The van der Waals surface area contributed by atoms with Crippen LogP contribution in [0.3, 0.4) is 0 Å². The number of carboxylic acids is 1. The Morgan fingerprint density at radius 1 is 1.00 bits per heavy atom. The maximum absolute atomic E-state index is 11.6. The van der Waals surface area contributed by atoms with Crippen LogP contribution in [0.1, 0.15) is 16.7 Å². The lowest BCUT2D eigenvalue weighted by Gasteiger charge is -2.31. The molecule has 0 aromatic heterocycles. The summed E-state index contributed by atoms with van der Waals surface area (Å²) in [4.78, 5) is 11.6. The van der Waals surface area contributed by atoms with Gasteiger partial charge in [0.25, 0.3) is 0 Å². The second-order valence-corrected chi connectivity index (χ2v) is 4.97. The number of fused-ring (bicyclic) bond motifs is 1. The Balaban J connectivity index is 2.22. The zero-order chi connectivity index (χ0) is 14.2. The first kappa shape index (κ1) is 12.6. The monoisotopic (exact) mass is 266 g/mol. The van der Waals surface area contributed by atoms with Gasteiger partial charge in [-0.15, -0.1) is 0 Å². The molecule has 0 heterocycles. The highest BCUT2D eigenvalue weighted by molar-refractivity contribution is 6.02. The van der Waals surface area contributed by atoms with Gasteiger partial charge in [0.2, 0.25) is 0 Å².